The van der Waals surface area contributed by atoms with Crippen molar-refractivity contribution in [3.63, 3.8) is 0 Å². The molecule has 2 unspecified atom stereocenters. The fourth-order valence-corrected chi connectivity index (χ4v) is 3.99. The molecule has 0 saturated heterocycles. The average Bonchev–Trinajstić information content (AvgIpc) is 2.72. The first kappa shape index (κ1) is 12.8. The van der Waals surface area contributed by atoms with E-state index < -0.39 is 18.3 Å². The van der Waals surface area contributed by atoms with Crippen LogP contribution in [0.1, 0.15) is 50.8 Å². The Kier molecular flexibility index (Phi) is 2.21. The predicted octanol–water partition coefficient (Wildman–Crippen LogP) is 2.91. The van der Waals surface area contributed by atoms with Crippen LogP contribution in [-0.2, 0) is 12.0 Å². The Morgan fingerprint density at radius 3 is 2.53 bits per heavy atom. The third-order valence-electron chi connectivity index (χ3n) is 5.46. The molecule has 0 amide bonds. The van der Waals surface area contributed by atoms with Crippen molar-refractivity contribution in [3.05, 3.63) is 21.6 Å². The fraction of sp³-hybridized carbons (Fsp3) is 0.769. The molecule has 19 heavy (non-hydrogen) atoms. The van der Waals surface area contributed by atoms with Gasteiger partial charge >= 0.3 is 6.18 Å². The lowest BCUT2D eigenvalue weighted by Crippen LogP contribution is -2.34. The molecule has 1 fully saturated rings. The molecule has 2 bridgehead atoms. The van der Waals surface area contributed by atoms with Crippen molar-refractivity contribution in [2.24, 2.45) is 5.41 Å². The number of nitrogens with zero attached hydrogens (tertiary/aromatic N) is 1. The number of hydrogen-bond donors (Lipinski definition) is 1. The van der Waals surface area contributed by atoms with E-state index in [-0.39, 0.29) is 16.7 Å². The highest BCUT2D eigenvalue weighted by Gasteiger charge is 2.62. The molecule has 106 valence electrons. The molecule has 0 aromatic carbocycles. The molecule has 0 radical (unpaired) electrons. The van der Waals surface area contributed by atoms with Gasteiger partial charge in [0.05, 0.1) is 0 Å². The van der Waals surface area contributed by atoms with Crippen molar-refractivity contribution in [1.82, 2.24) is 9.78 Å². The Labute approximate surface area is 108 Å². The van der Waals surface area contributed by atoms with E-state index in [9.17, 15) is 18.0 Å². The Balaban J connectivity index is 2.13. The normalized spacial score (nSPS) is 31.8. The van der Waals surface area contributed by atoms with Crippen LogP contribution in [0.5, 0.6) is 0 Å². The SMILES string of the molecule is CC12CCC(c3c1[nH]n(CC(F)(F)F)c3=O)C2(C)C. The van der Waals surface area contributed by atoms with Crippen molar-refractivity contribution in [1.29, 1.82) is 0 Å². The predicted molar refractivity (Wildman–Crippen MR) is 64.2 cm³/mol. The highest BCUT2D eigenvalue weighted by Crippen LogP contribution is 2.66. The molecule has 6 heteroatoms. The zero-order valence-corrected chi connectivity index (χ0v) is 11.2. The van der Waals surface area contributed by atoms with Gasteiger partial charge in [0.2, 0.25) is 0 Å². The summed E-state index contributed by atoms with van der Waals surface area (Å²) in [5.41, 5.74) is 0.535. The second-order valence-corrected chi connectivity index (χ2v) is 6.55. The van der Waals surface area contributed by atoms with Crippen LogP contribution < -0.4 is 5.56 Å². The van der Waals surface area contributed by atoms with E-state index in [1.165, 1.54) is 0 Å². The van der Waals surface area contributed by atoms with Crippen LogP contribution in [0.15, 0.2) is 4.79 Å². The molecule has 2 atom stereocenters. The molecule has 1 saturated carbocycles. The van der Waals surface area contributed by atoms with E-state index in [4.69, 9.17) is 0 Å². The minimum atomic E-state index is -4.38. The maximum Gasteiger partial charge on any atom is 0.408 e. The largest absolute Gasteiger partial charge is 0.408 e. The van der Waals surface area contributed by atoms with Crippen LogP contribution in [0, 0.1) is 5.41 Å². The minimum Gasteiger partial charge on any atom is -0.299 e. The monoisotopic (exact) mass is 274 g/mol. The van der Waals surface area contributed by atoms with Gasteiger partial charge in [0.1, 0.15) is 6.54 Å². The number of halogens is 3. The Morgan fingerprint density at radius 2 is 2.00 bits per heavy atom. The van der Waals surface area contributed by atoms with E-state index in [2.05, 4.69) is 18.9 Å². The number of alkyl halides is 3. The summed E-state index contributed by atoms with van der Waals surface area (Å²) in [6.07, 6.45) is -2.57. The van der Waals surface area contributed by atoms with Gasteiger partial charge in [-0.1, -0.05) is 20.8 Å². The highest BCUT2D eigenvalue weighted by atomic mass is 19.4. The van der Waals surface area contributed by atoms with Crippen molar-refractivity contribution in [2.75, 3.05) is 0 Å². The number of aromatic amines is 1. The van der Waals surface area contributed by atoms with E-state index in [1.54, 1.807) is 0 Å². The average molecular weight is 274 g/mol. The Bertz CT molecular complexity index is 596. The quantitative estimate of drug-likeness (QED) is 0.840. The summed E-state index contributed by atoms with van der Waals surface area (Å²) in [4.78, 5) is 12.2. The molecule has 1 aromatic heterocycles. The van der Waals surface area contributed by atoms with Crippen LogP contribution in [-0.4, -0.2) is 16.0 Å². The van der Waals surface area contributed by atoms with Gasteiger partial charge in [-0.3, -0.25) is 9.89 Å². The lowest BCUT2D eigenvalue weighted by molar-refractivity contribution is -0.143. The zero-order valence-electron chi connectivity index (χ0n) is 11.2. The number of nitrogens with one attached hydrogen (secondary N) is 1. The van der Waals surface area contributed by atoms with Crippen LogP contribution in [0.3, 0.4) is 0 Å². The number of hydrogen-bond acceptors (Lipinski definition) is 1. The van der Waals surface area contributed by atoms with Crippen LogP contribution in [0.4, 0.5) is 13.2 Å². The Morgan fingerprint density at radius 1 is 1.37 bits per heavy atom. The van der Waals surface area contributed by atoms with Gasteiger partial charge in [-0.15, -0.1) is 0 Å². The molecule has 2 aliphatic carbocycles. The Hall–Kier alpha value is -1.20. The van der Waals surface area contributed by atoms with Crippen LogP contribution >= 0.6 is 0 Å². The summed E-state index contributed by atoms with van der Waals surface area (Å²) in [7, 11) is 0. The zero-order chi connectivity index (χ0) is 14.2. The summed E-state index contributed by atoms with van der Waals surface area (Å²) >= 11 is 0. The third-order valence-corrected chi connectivity index (χ3v) is 5.46. The van der Waals surface area contributed by atoms with Crippen molar-refractivity contribution < 1.29 is 13.2 Å². The van der Waals surface area contributed by atoms with Gasteiger partial charge in [0.25, 0.3) is 5.56 Å². The molecule has 0 aliphatic heterocycles. The summed E-state index contributed by atoms with van der Waals surface area (Å²) in [5.74, 6) is 0.0748. The third kappa shape index (κ3) is 1.43. The van der Waals surface area contributed by atoms with Crippen molar-refractivity contribution in [3.8, 4) is 0 Å². The van der Waals surface area contributed by atoms with Gasteiger partial charge in [-0.05, 0) is 24.2 Å². The maximum absolute atomic E-state index is 12.5. The standard InChI is InChI=1S/C13H17F3N2O/c1-11(2)7-4-5-12(11,3)9-8(7)10(19)18(17-9)6-13(14,15)16/h7,17H,4-6H2,1-3H3. The smallest absolute Gasteiger partial charge is 0.299 e. The lowest BCUT2D eigenvalue weighted by atomic mass is 9.70. The topological polar surface area (TPSA) is 37.8 Å². The molecule has 1 heterocycles. The molecule has 3 nitrogen and oxygen atoms in total. The lowest BCUT2D eigenvalue weighted by Gasteiger charge is -2.34. The first-order chi connectivity index (χ1) is 8.58. The van der Waals surface area contributed by atoms with Gasteiger partial charge in [0, 0.05) is 16.7 Å². The van der Waals surface area contributed by atoms with Gasteiger partial charge in [0.15, 0.2) is 0 Å². The van der Waals surface area contributed by atoms with Gasteiger partial charge in [-0.25, -0.2) is 4.68 Å². The van der Waals surface area contributed by atoms with Crippen LogP contribution in [0.2, 0.25) is 0 Å². The van der Waals surface area contributed by atoms with Gasteiger partial charge < -0.3 is 0 Å². The molecular weight excluding hydrogens is 257 g/mol. The molecule has 0 spiro atoms. The number of rotatable bonds is 1. The van der Waals surface area contributed by atoms with Crippen LogP contribution in [0.25, 0.3) is 0 Å². The second-order valence-electron chi connectivity index (χ2n) is 6.55. The first-order valence-electron chi connectivity index (χ1n) is 6.48. The maximum atomic E-state index is 12.5. The molecule has 3 rings (SSSR count). The number of aromatic nitrogens is 2. The van der Waals surface area contributed by atoms with E-state index in [1.807, 2.05) is 6.92 Å². The number of H-pyrrole nitrogens is 1. The number of fused-ring (bicyclic) bond motifs is 5. The van der Waals surface area contributed by atoms with Gasteiger partial charge in [-0.2, -0.15) is 13.2 Å². The van der Waals surface area contributed by atoms with E-state index in [0.717, 1.165) is 23.2 Å². The summed E-state index contributed by atoms with van der Waals surface area (Å²) < 4.78 is 38.1. The summed E-state index contributed by atoms with van der Waals surface area (Å²) in [6, 6.07) is 0. The van der Waals surface area contributed by atoms with E-state index in [0.29, 0.717) is 5.56 Å². The second kappa shape index (κ2) is 3.27. The molecule has 1 N–H and O–H groups in total. The van der Waals surface area contributed by atoms with Crippen molar-refractivity contribution >= 4 is 0 Å². The van der Waals surface area contributed by atoms with Crippen molar-refractivity contribution in [2.45, 2.75) is 57.7 Å². The summed E-state index contributed by atoms with van der Waals surface area (Å²) in [6.45, 7) is 5.02. The molecule has 1 aromatic rings. The first-order valence-corrected chi connectivity index (χ1v) is 6.48. The molecular formula is C13H17F3N2O. The summed E-state index contributed by atoms with van der Waals surface area (Å²) in [5, 5.41) is 2.73. The fourth-order valence-electron chi connectivity index (χ4n) is 3.99. The van der Waals surface area contributed by atoms with E-state index >= 15 is 0 Å². The highest BCUT2D eigenvalue weighted by molar-refractivity contribution is 5.44. The molecule has 2 aliphatic rings. The minimum absolute atomic E-state index is 0.0648.